The Kier molecular flexibility index (Phi) is 3.15. The Balaban J connectivity index is 2.67. The van der Waals surface area contributed by atoms with Crippen LogP contribution in [0, 0.1) is 11.3 Å². The summed E-state index contributed by atoms with van der Waals surface area (Å²) in [6.07, 6.45) is 2.01. The molecule has 0 unspecified atom stereocenters. The third-order valence-corrected chi connectivity index (χ3v) is 3.06. The average molecular weight is 246 g/mol. The zero-order valence-electron chi connectivity index (χ0n) is 10.4. The molecular weight excluding hydrogens is 232 g/mol. The van der Waals surface area contributed by atoms with E-state index >= 15 is 0 Å². The van der Waals surface area contributed by atoms with Crippen molar-refractivity contribution in [1.29, 1.82) is 5.26 Å². The van der Waals surface area contributed by atoms with Crippen molar-refractivity contribution < 1.29 is 0 Å². The highest BCUT2D eigenvalue weighted by Gasteiger charge is 2.23. The smallest absolute Gasteiger partial charge is 0.278 e. The highest BCUT2D eigenvalue weighted by atomic mass is 16.2. The van der Waals surface area contributed by atoms with Gasteiger partial charge in [0.05, 0.1) is 5.56 Å². The van der Waals surface area contributed by atoms with E-state index in [0.29, 0.717) is 17.9 Å². The molecule has 1 aliphatic heterocycles. The predicted octanol–water partition coefficient (Wildman–Crippen LogP) is 0.499. The van der Waals surface area contributed by atoms with Gasteiger partial charge < -0.3 is 0 Å². The lowest BCUT2D eigenvalue weighted by atomic mass is 10.2. The molecule has 1 aromatic heterocycles. The van der Waals surface area contributed by atoms with Crippen molar-refractivity contribution in [3.8, 4) is 6.07 Å². The fourth-order valence-corrected chi connectivity index (χ4v) is 2.02. The molecule has 6 heteroatoms. The van der Waals surface area contributed by atoms with Gasteiger partial charge in [-0.15, -0.1) is 0 Å². The van der Waals surface area contributed by atoms with Crippen LogP contribution >= 0.6 is 0 Å². The molecule has 0 aromatic carbocycles. The molecule has 0 spiro atoms. The Morgan fingerprint density at radius 2 is 2.17 bits per heavy atom. The summed E-state index contributed by atoms with van der Waals surface area (Å²) < 4.78 is 2.58. The number of unbranched alkanes of at least 4 members (excludes halogenated alkanes) is 1. The fourth-order valence-electron chi connectivity index (χ4n) is 2.02. The molecule has 0 fully saturated rings. The first kappa shape index (κ1) is 12.3. The lowest BCUT2D eigenvalue weighted by Gasteiger charge is -2.10. The third kappa shape index (κ3) is 1.78. The number of hydrogen-bond donors (Lipinski definition) is 0. The van der Waals surface area contributed by atoms with Gasteiger partial charge in [-0.1, -0.05) is 13.3 Å². The molecule has 6 nitrogen and oxygen atoms in total. The van der Waals surface area contributed by atoms with Crippen molar-refractivity contribution in [2.75, 3.05) is 0 Å². The highest BCUT2D eigenvalue weighted by molar-refractivity contribution is 6.04. The van der Waals surface area contributed by atoms with Crippen LogP contribution in [0.5, 0.6) is 0 Å². The number of nitrogens with zero attached hydrogens (tertiary/aromatic N) is 4. The molecule has 94 valence electrons. The summed E-state index contributed by atoms with van der Waals surface area (Å²) in [5.74, 6) is 0.369. The van der Waals surface area contributed by atoms with Gasteiger partial charge >= 0.3 is 5.69 Å². The number of rotatable bonds is 3. The van der Waals surface area contributed by atoms with E-state index in [-0.39, 0.29) is 23.4 Å². The van der Waals surface area contributed by atoms with Gasteiger partial charge in [-0.2, -0.15) is 5.26 Å². The van der Waals surface area contributed by atoms with Crippen LogP contribution in [0.1, 0.15) is 25.3 Å². The molecular formula is C12H14N4O2. The number of aliphatic imine (C=N–C) groups is 1. The summed E-state index contributed by atoms with van der Waals surface area (Å²) in [5, 5.41) is 8.86. The topological polar surface area (TPSA) is 80.1 Å². The molecule has 0 saturated carbocycles. The van der Waals surface area contributed by atoms with Gasteiger partial charge in [0.15, 0.2) is 0 Å². The lowest BCUT2D eigenvalue weighted by molar-refractivity contribution is 0.568. The fraction of sp³-hybridized carbons (Fsp3) is 0.500. The summed E-state index contributed by atoms with van der Waals surface area (Å²) in [7, 11) is 1.46. The Bertz CT molecular complexity index is 673. The molecule has 0 N–H and O–H groups in total. The number of nitriles is 1. The van der Waals surface area contributed by atoms with Crippen molar-refractivity contribution in [2.45, 2.75) is 32.7 Å². The maximum absolute atomic E-state index is 12.0. The average Bonchev–Trinajstić information content (AvgIpc) is 2.80. The largest absolute Gasteiger partial charge is 0.332 e. The number of aromatic nitrogens is 2. The minimum absolute atomic E-state index is 0.227. The molecule has 0 atom stereocenters. The summed E-state index contributed by atoms with van der Waals surface area (Å²) in [6.45, 7) is 2.55. The molecule has 0 radical (unpaired) electrons. The first-order valence-corrected chi connectivity index (χ1v) is 5.90. The van der Waals surface area contributed by atoms with E-state index in [1.165, 1.54) is 11.6 Å². The van der Waals surface area contributed by atoms with Crippen LogP contribution in [0.2, 0.25) is 0 Å². The summed E-state index contributed by atoms with van der Waals surface area (Å²) in [4.78, 5) is 28.1. The maximum atomic E-state index is 12.0. The quantitative estimate of drug-likeness (QED) is 0.778. The Morgan fingerprint density at radius 1 is 1.44 bits per heavy atom. The Hall–Kier alpha value is -2.16. The molecule has 1 aromatic rings. The van der Waals surface area contributed by atoms with Crippen LogP contribution in [-0.2, 0) is 20.0 Å². The van der Waals surface area contributed by atoms with Crippen LogP contribution in [0.4, 0.5) is 5.82 Å². The van der Waals surface area contributed by atoms with E-state index in [4.69, 9.17) is 5.26 Å². The van der Waals surface area contributed by atoms with Crippen LogP contribution in [0.3, 0.4) is 0 Å². The van der Waals surface area contributed by atoms with E-state index in [1.54, 1.807) is 0 Å². The molecule has 2 rings (SSSR count). The SMILES string of the molecule is CCCCn1c2c(c(=O)n(C)c1=O)CC(C#N)=N2. The van der Waals surface area contributed by atoms with Crippen LogP contribution in [0.15, 0.2) is 14.6 Å². The lowest BCUT2D eigenvalue weighted by Crippen LogP contribution is -2.39. The van der Waals surface area contributed by atoms with Crippen LogP contribution in [0.25, 0.3) is 0 Å². The van der Waals surface area contributed by atoms with Crippen LogP contribution in [-0.4, -0.2) is 14.8 Å². The Morgan fingerprint density at radius 3 is 2.78 bits per heavy atom. The normalized spacial score (nSPS) is 13.1. The van der Waals surface area contributed by atoms with E-state index in [9.17, 15) is 9.59 Å². The predicted molar refractivity (Wildman–Crippen MR) is 67.3 cm³/mol. The molecule has 18 heavy (non-hydrogen) atoms. The highest BCUT2D eigenvalue weighted by Crippen LogP contribution is 2.22. The van der Waals surface area contributed by atoms with Crippen molar-refractivity contribution in [2.24, 2.45) is 12.0 Å². The standard InChI is InChI=1S/C12H14N4O2/c1-3-4-5-16-10-9(6-8(7-13)14-10)11(17)15(2)12(16)18/h3-6H2,1-2H3. The van der Waals surface area contributed by atoms with E-state index in [2.05, 4.69) is 4.99 Å². The van der Waals surface area contributed by atoms with E-state index in [0.717, 1.165) is 17.4 Å². The minimum Gasteiger partial charge on any atom is -0.278 e. The number of fused-ring (bicyclic) bond motifs is 1. The first-order valence-electron chi connectivity index (χ1n) is 5.90. The molecule has 0 saturated heterocycles. The van der Waals surface area contributed by atoms with Crippen molar-refractivity contribution in [3.63, 3.8) is 0 Å². The van der Waals surface area contributed by atoms with Gasteiger partial charge in [-0.05, 0) is 6.42 Å². The third-order valence-electron chi connectivity index (χ3n) is 3.06. The molecule has 2 heterocycles. The Labute approximate surface area is 104 Å². The minimum atomic E-state index is -0.366. The van der Waals surface area contributed by atoms with E-state index < -0.39 is 0 Å². The second-order valence-electron chi connectivity index (χ2n) is 4.30. The van der Waals surface area contributed by atoms with E-state index in [1.807, 2.05) is 13.0 Å². The second kappa shape index (κ2) is 4.61. The van der Waals surface area contributed by atoms with Crippen molar-refractivity contribution in [1.82, 2.24) is 9.13 Å². The maximum Gasteiger partial charge on any atom is 0.332 e. The summed E-state index contributed by atoms with van der Waals surface area (Å²) in [6, 6.07) is 1.95. The summed E-state index contributed by atoms with van der Waals surface area (Å²) in [5.41, 5.74) is 0.0228. The molecule has 0 aliphatic carbocycles. The zero-order chi connectivity index (χ0) is 13.3. The van der Waals surface area contributed by atoms with Crippen LogP contribution < -0.4 is 11.2 Å². The zero-order valence-corrected chi connectivity index (χ0v) is 10.4. The molecule has 1 aliphatic rings. The van der Waals surface area contributed by atoms with Gasteiger partial charge in [-0.3, -0.25) is 13.9 Å². The van der Waals surface area contributed by atoms with Crippen molar-refractivity contribution >= 4 is 11.5 Å². The monoisotopic (exact) mass is 246 g/mol. The van der Waals surface area contributed by atoms with Gasteiger partial charge in [0.2, 0.25) is 0 Å². The summed E-state index contributed by atoms with van der Waals surface area (Å²) >= 11 is 0. The second-order valence-corrected chi connectivity index (χ2v) is 4.30. The first-order chi connectivity index (χ1) is 8.60. The molecule has 0 amide bonds. The molecule has 0 bridgehead atoms. The van der Waals surface area contributed by atoms with Crippen molar-refractivity contribution in [3.05, 3.63) is 26.4 Å². The van der Waals surface area contributed by atoms with Gasteiger partial charge in [-0.25, -0.2) is 9.79 Å². The number of hydrogen-bond acceptors (Lipinski definition) is 4. The van der Waals surface area contributed by atoms with Gasteiger partial charge in [0, 0.05) is 20.0 Å². The van der Waals surface area contributed by atoms with Gasteiger partial charge in [0.25, 0.3) is 5.56 Å². The van der Waals surface area contributed by atoms with Gasteiger partial charge in [0.1, 0.15) is 17.6 Å².